The summed E-state index contributed by atoms with van der Waals surface area (Å²) >= 11 is 0. The number of carbonyl (C=O) groups is 1. The summed E-state index contributed by atoms with van der Waals surface area (Å²) in [5.41, 5.74) is 0. The molecule has 0 atom stereocenters. The average molecular weight is 239 g/mol. The van der Waals surface area contributed by atoms with Crippen molar-refractivity contribution in [3.8, 4) is 0 Å². The molecule has 1 aliphatic heterocycles. The summed E-state index contributed by atoms with van der Waals surface area (Å²) in [6, 6.07) is 0.242. The van der Waals surface area contributed by atoms with Crippen LogP contribution in [0.25, 0.3) is 0 Å². The van der Waals surface area contributed by atoms with Gasteiger partial charge in [0.2, 0.25) is 0 Å². The summed E-state index contributed by atoms with van der Waals surface area (Å²) in [6.45, 7) is 1.06. The highest BCUT2D eigenvalue weighted by Gasteiger charge is 2.16. The van der Waals surface area contributed by atoms with E-state index in [4.69, 9.17) is 0 Å². The Morgan fingerprint density at radius 1 is 1.41 bits per heavy atom. The monoisotopic (exact) mass is 239 g/mol. The third kappa shape index (κ3) is 2.77. The molecule has 0 saturated carbocycles. The van der Waals surface area contributed by atoms with Crippen LogP contribution in [0.1, 0.15) is 6.42 Å². The lowest BCUT2D eigenvalue weighted by atomic mass is 10.3. The minimum absolute atomic E-state index is 0.258. The predicted octanol–water partition coefficient (Wildman–Crippen LogP) is 2.15. The molecule has 0 unspecified atom stereocenters. The lowest BCUT2D eigenvalue weighted by Crippen LogP contribution is -2.37. The number of anilines is 1. The lowest BCUT2D eigenvalue weighted by molar-refractivity contribution is 0.216. The molecule has 17 heavy (non-hydrogen) atoms. The van der Waals surface area contributed by atoms with Crippen LogP contribution in [-0.2, 0) is 0 Å². The van der Waals surface area contributed by atoms with E-state index in [0.717, 1.165) is 12.6 Å². The first-order chi connectivity index (χ1) is 8.16. The summed E-state index contributed by atoms with van der Waals surface area (Å²) in [4.78, 5) is 16.7. The van der Waals surface area contributed by atoms with Gasteiger partial charge in [-0.3, -0.25) is 5.32 Å². The van der Waals surface area contributed by atoms with Gasteiger partial charge in [-0.25, -0.2) is 18.6 Å². The van der Waals surface area contributed by atoms with Gasteiger partial charge in [-0.15, -0.1) is 0 Å². The maximum absolute atomic E-state index is 13.2. The van der Waals surface area contributed by atoms with E-state index < -0.39 is 17.7 Å². The molecule has 0 aromatic carbocycles. The fraction of sp³-hybridized carbons (Fsp3) is 0.273. The van der Waals surface area contributed by atoms with Gasteiger partial charge < -0.3 is 4.90 Å². The first-order valence-corrected chi connectivity index (χ1v) is 5.19. The van der Waals surface area contributed by atoms with Crippen LogP contribution < -0.4 is 5.32 Å². The molecule has 1 N–H and O–H groups in total. The zero-order chi connectivity index (χ0) is 12.3. The highest BCUT2D eigenvalue weighted by molar-refractivity contribution is 5.88. The van der Waals surface area contributed by atoms with Crippen LogP contribution >= 0.6 is 0 Å². The van der Waals surface area contributed by atoms with Crippen LogP contribution in [0.3, 0.4) is 0 Å². The third-order valence-electron chi connectivity index (χ3n) is 2.38. The van der Waals surface area contributed by atoms with Crippen molar-refractivity contribution in [2.24, 2.45) is 0 Å². The van der Waals surface area contributed by atoms with Crippen LogP contribution in [0.5, 0.6) is 0 Å². The molecule has 0 spiro atoms. The van der Waals surface area contributed by atoms with Crippen molar-refractivity contribution in [1.29, 1.82) is 0 Å². The third-order valence-corrected chi connectivity index (χ3v) is 2.38. The van der Waals surface area contributed by atoms with Crippen LogP contribution in [-0.4, -0.2) is 29.0 Å². The Labute approximate surface area is 96.9 Å². The predicted molar refractivity (Wildman–Crippen MR) is 58.5 cm³/mol. The summed E-state index contributed by atoms with van der Waals surface area (Å²) in [5, 5.41) is 2.31. The molecular weight excluding hydrogens is 228 g/mol. The number of rotatable bonds is 1. The molecule has 0 bridgehead atoms. The summed E-state index contributed by atoms with van der Waals surface area (Å²) in [7, 11) is 0. The van der Waals surface area contributed by atoms with Crippen molar-refractivity contribution in [2.75, 3.05) is 18.4 Å². The highest BCUT2D eigenvalue weighted by Crippen LogP contribution is 2.12. The SMILES string of the molecule is O=C(Nc1ncc(F)cc1F)N1CC=CCC1. The Bertz CT molecular complexity index is 462. The molecule has 1 aromatic heterocycles. The minimum Gasteiger partial charge on any atom is -0.320 e. The summed E-state index contributed by atoms with van der Waals surface area (Å²) in [5.74, 6) is -1.92. The van der Waals surface area contributed by atoms with Gasteiger partial charge in [0, 0.05) is 19.2 Å². The van der Waals surface area contributed by atoms with Gasteiger partial charge in [0.05, 0.1) is 6.20 Å². The normalized spacial score (nSPS) is 14.8. The van der Waals surface area contributed by atoms with E-state index in [9.17, 15) is 13.6 Å². The quantitative estimate of drug-likeness (QED) is 0.763. The number of hydrogen-bond acceptors (Lipinski definition) is 2. The molecule has 6 heteroatoms. The summed E-state index contributed by atoms with van der Waals surface area (Å²) < 4.78 is 25.8. The van der Waals surface area contributed by atoms with E-state index in [1.807, 2.05) is 12.2 Å². The maximum Gasteiger partial charge on any atom is 0.323 e. The highest BCUT2D eigenvalue weighted by atomic mass is 19.1. The zero-order valence-electron chi connectivity index (χ0n) is 8.99. The summed E-state index contributed by atoms with van der Waals surface area (Å²) in [6.07, 6.45) is 5.46. The molecular formula is C11H11F2N3O. The van der Waals surface area contributed by atoms with E-state index in [-0.39, 0.29) is 5.82 Å². The largest absolute Gasteiger partial charge is 0.323 e. The molecule has 1 aliphatic rings. The van der Waals surface area contributed by atoms with Crippen LogP contribution in [0.2, 0.25) is 0 Å². The first kappa shape index (κ1) is 11.5. The number of pyridine rings is 1. The van der Waals surface area contributed by atoms with E-state index in [1.54, 1.807) is 0 Å². The van der Waals surface area contributed by atoms with Crippen LogP contribution in [0, 0.1) is 11.6 Å². The van der Waals surface area contributed by atoms with Crippen molar-refractivity contribution in [1.82, 2.24) is 9.88 Å². The van der Waals surface area contributed by atoms with Crippen molar-refractivity contribution in [3.05, 3.63) is 36.0 Å². The topological polar surface area (TPSA) is 45.2 Å². The Morgan fingerprint density at radius 3 is 2.88 bits per heavy atom. The second-order valence-corrected chi connectivity index (χ2v) is 3.62. The number of amides is 2. The second-order valence-electron chi connectivity index (χ2n) is 3.62. The Balaban J connectivity index is 2.05. The maximum atomic E-state index is 13.2. The molecule has 2 rings (SSSR count). The van der Waals surface area contributed by atoms with Gasteiger partial charge in [-0.2, -0.15) is 0 Å². The molecule has 0 fully saturated rings. The molecule has 2 amide bonds. The number of nitrogens with zero attached hydrogens (tertiary/aromatic N) is 2. The van der Waals surface area contributed by atoms with Gasteiger partial charge in [0.25, 0.3) is 0 Å². The number of aromatic nitrogens is 1. The smallest absolute Gasteiger partial charge is 0.320 e. The van der Waals surface area contributed by atoms with Crippen molar-refractivity contribution < 1.29 is 13.6 Å². The van der Waals surface area contributed by atoms with E-state index in [2.05, 4.69) is 10.3 Å². The molecule has 2 heterocycles. The fourth-order valence-electron chi connectivity index (χ4n) is 1.51. The Kier molecular flexibility index (Phi) is 3.32. The fourth-order valence-corrected chi connectivity index (χ4v) is 1.51. The average Bonchev–Trinajstić information content (AvgIpc) is 2.34. The second kappa shape index (κ2) is 4.90. The molecule has 0 aliphatic carbocycles. The van der Waals surface area contributed by atoms with Crippen molar-refractivity contribution in [2.45, 2.75) is 6.42 Å². The molecule has 0 saturated heterocycles. The zero-order valence-corrected chi connectivity index (χ0v) is 8.99. The van der Waals surface area contributed by atoms with E-state index in [1.165, 1.54) is 4.90 Å². The molecule has 0 radical (unpaired) electrons. The first-order valence-electron chi connectivity index (χ1n) is 5.19. The van der Waals surface area contributed by atoms with Gasteiger partial charge in [-0.05, 0) is 6.42 Å². The van der Waals surface area contributed by atoms with Gasteiger partial charge >= 0.3 is 6.03 Å². The minimum atomic E-state index is -0.883. The number of carbonyl (C=O) groups excluding carboxylic acids is 1. The van der Waals surface area contributed by atoms with Crippen LogP contribution in [0.15, 0.2) is 24.4 Å². The van der Waals surface area contributed by atoms with Gasteiger partial charge in [0.1, 0.15) is 5.82 Å². The Hall–Kier alpha value is -1.98. The molecule has 90 valence electrons. The Morgan fingerprint density at radius 2 is 2.24 bits per heavy atom. The van der Waals surface area contributed by atoms with Gasteiger partial charge in [-0.1, -0.05) is 12.2 Å². The number of nitrogens with one attached hydrogen (secondary N) is 1. The standard InChI is InChI=1S/C11H11F2N3O/c12-8-6-9(13)10(14-7-8)15-11(17)16-4-2-1-3-5-16/h1-2,6-7H,3-5H2,(H,14,15,17). The van der Waals surface area contributed by atoms with Gasteiger partial charge in [0.15, 0.2) is 11.6 Å². The van der Waals surface area contributed by atoms with Crippen LogP contribution in [0.4, 0.5) is 19.4 Å². The van der Waals surface area contributed by atoms with Crippen molar-refractivity contribution >= 4 is 11.8 Å². The number of halogens is 2. The lowest BCUT2D eigenvalue weighted by Gasteiger charge is -2.23. The number of urea groups is 1. The van der Waals surface area contributed by atoms with Crippen molar-refractivity contribution in [3.63, 3.8) is 0 Å². The molecule has 1 aromatic rings. The molecule has 4 nitrogen and oxygen atoms in total. The number of hydrogen-bond donors (Lipinski definition) is 1. The van der Waals surface area contributed by atoms with E-state index in [0.29, 0.717) is 19.2 Å². The van der Waals surface area contributed by atoms with E-state index >= 15 is 0 Å².